The minimum atomic E-state index is -0.893. The molecule has 0 spiro atoms. The van der Waals surface area contributed by atoms with E-state index in [0.717, 1.165) is 11.9 Å². The fourth-order valence-corrected chi connectivity index (χ4v) is 9.89. The van der Waals surface area contributed by atoms with Crippen LogP contribution >= 0.6 is 0 Å². The van der Waals surface area contributed by atoms with Gasteiger partial charge in [0.05, 0.1) is 0 Å². The Labute approximate surface area is 125 Å². The summed E-state index contributed by atoms with van der Waals surface area (Å²) in [5, 5.41) is 10.1. The van der Waals surface area contributed by atoms with Crippen molar-refractivity contribution in [3.63, 3.8) is 0 Å². The summed E-state index contributed by atoms with van der Waals surface area (Å²) in [4.78, 5) is 0. The number of unbranched alkanes of at least 4 members (excludes halogenated alkanes) is 2. The Hall–Kier alpha value is 0.0429. The average Bonchev–Trinajstić information content (AvgIpc) is 2.46. The van der Waals surface area contributed by atoms with Crippen LogP contribution in [0.1, 0.15) is 59.3 Å². The monoisotopic (exact) mass is 333 g/mol. The fourth-order valence-electron chi connectivity index (χ4n) is 2.22. The summed E-state index contributed by atoms with van der Waals surface area (Å²) in [7, 11) is 2.76. The van der Waals surface area contributed by atoms with Gasteiger partial charge in [0.1, 0.15) is 0 Å². The van der Waals surface area contributed by atoms with Gasteiger partial charge in [-0.3, -0.25) is 0 Å². The zero-order valence-electron chi connectivity index (χ0n) is 13.7. The number of ether oxygens (including phenoxy) is 1. The molecule has 0 aromatic heterocycles. The van der Waals surface area contributed by atoms with Gasteiger partial charge >= 0.3 is 113 Å². The molecule has 0 aliphatic carbocycles. The summed E-state index contributed by atoms with van der Waals surface area (Å²) >= 11 is -0.893. The molecule has 0 rings (SSSR count). The van der Waals surface area contributed by atoms with Crippen LogP contribution in [0.4, 0.5) is 0 Å². The molecule has 115 valence electrons. The van der Waals surface area contributed by atoms with Gasteiger partial charge in [-0.15, -0.1) is 0 Å². The summed E-state index contributed by atoms with van der Waals surface area (Å²) in [6.07, 6.45) is 12.6. The minimum absolute atomic E-state index is 0.887. The Morgan fingerprint density at radius 3 is 1.89 bits per heavy atom. The zero-order valence-corrected chi connectivity index (χ0v) is 15.8. The largest absolute Gasteiger partial charge is 0.400 e. The molecule has 3 heteroatoms. The molecule has 0 amide bonds. The Kier molecular flexibility index (Phi) is 20.3. The number of rotatable bonds is 11. The van der Waals surface area contributed by atoms with E-state index in [1.54, 1.807) is 17.6 Å². The standard InChI is InChI=1S/C15H31GeO.CH4O/c1-5-8-12-16(13-9-6-2)15(10-7-3)11-14-17-4;1-2/h11,14-15H,5-10,12-13H2,1-4H3;2H,1H3/b14-11+;. The topological polar surface area (TPSA) is 29.5 Å². The van der Waals surface area contributed by atoms with Crippen LogP contribution in [-0.2, 0) is 4.74 Å². The van der Waals surface area contributed by atoms with Gasteiger partial charge < -0.3 is 5.11 Å². The SMILES string of the molecule is CCC[CH2][Ge]([CH2]CCC)[CH](/C=C/OC)CCC.CO. The van der Waals surface area contributed by atoms with Crippen LogP contribution in [0.3, 0.4) is 0 Å². The molecule has 0 aromatic carbocycles. The van der Waals surface area contributed by atoms with Crippen LogP contribution in [-0.4, -0.2) is 33.7 Å². The van der Waals surface area contributed by atoms with E-state index in [1.165, 1.54) is 38.5 Å². The van der Waals surface area contributed by atoms with Gasteiger partial charge in [-0.2, -0.15) is 0 Å². The van der Waals surface area contributed by atoms with Gasteiger partial charge in [0, 0.05) is 7.11 Å². The van der Waals surface area contributed by atoms with E-state index in [-0.39, 0.29) is 0 Å². The fraction of sp³-hybridized carbons (Fsp3) is 0.875. The van der Waals surface area contributed by atoms with Crippen LogP contribution in [0.25, 0.3) is 0 Å². The predicted octanol–water partition coefficient (Wildman–Crippen LogP) is 5.02. The number of allylic oxidation sites excluding steroid dienone is 1. The smallest absolute Gasteiger partial charge is 0.0319 e. The van der Waals surface area contributed by atoms with Crippen molar-refractivity contribution in [2.45, 2.75) is 74.6 Å². The van der Waals surface area contributed by atoms with E-state index in [1.807, 2.05) is 6.26 Å². The molecule has 0 saturated carbocycles. The van der Waals surface area contributed by atoms with Gasteiger partial charge in [0.25, 0.3) is 0 Å². The van der Waals surface area contributed by atoms with Gasteiger partial charge in [0.15, 0.2) is 0 Å². The second kappa shape index (κ2) is 18.0. The molecule has 0 heterocycles. The first-order valence-electron chi connectivity index (χ1n) is 7.78. The van der Waals surface area contributed by atoms with Crippen LogP contribution < -0.4 is 0 Å². The second-order valence-electron chi connectivity index (χ2n) is 4.82. The number of hydrogen-bond donors (Lipinski definition) is 1. The molecular weight excluding hydrogens is 297 g/mol. The quantitative estimate of drug-likeness (QED) is 0.425. The molecule has 19 heavy (non-hydrogen) atoms. The Bertz CT molecular complexity index is 176. The maximum absolute atomic E-state index is 7.00. The third kappa shape index (κ3) is 12.8. The maximum Gasteiger partial charge on any atom is 0.0319 e. The third-order valence-electron chi connectivity index (χ3n) is 3.27. The summed E-state index contributed by atoms with van der Waals surface area (Å²) in [5.74, 6) is 0. The molecule has 0 bridgehead atoms. The number of methoxy groups -OCH3 is 1. The van der Waals surface area contributed by atoms with Crippen LogP contribution in [0.15, 0.2) is 12.3 Å². The van der Waals surface area contributed by atoms with Crippen molar-refractivity contribution >= 4 is 14.3 Å². The van der Waals surface area contributed by atoms with Crippen molar-refractivity contribution in [2.75, 3.05) is 14.2 Å². The first kappa shape index (κ1) is 21.3. The molecule has 1 unspecified atom stereocenters. The Morgan fingerprint density at radius 2 is 1.53 bits per heavy atom. The van der Waals surface area contributed by atoms with Crippen molar-refractivity contribution in [1.29, 1.82) is 0 Å². The molecule has 0 aliphatic heterocycles. The molecule has 0 saturated heterocycles. The molecule has 1 radical (unpaired) electrons. The van der Waals surface area contributed by atoms with Crippen LogP contribution in [0, 0.1) is 0 Å². The Balaban J connectivity index is 0. The normalized spacial score (nSPS) is 12.4. The van der Waals surface area contributed by atoms with E-state index in [4.69, 9.17) is 9.84 Å². The minimum Gasteiger partial charge on any atom is -0.400 e. The average molecular weight is 332 g/mol. The van der Waals surface area contributed by atoms with Crippen molar-refractivity contribution < 1.29 is 9.84 Å². The van der Waals surface area contributed by atoms with Crippen LogP contribution in [0.5, 0.6) is 0 Å². The number of aliphatic hydroxyl groups is 1. The summed E-state index contributed by atoms with van der Waals surface area (Å²) in [6.45, 7) is 6.94. The second-order valence-corrected chi connectivity index (χ2v) is 11.2. The zero-order chi connectivity index (χ0) is 14.9. The summed E-state index contributed by atoms with van der Waals surface area (Å²) in [6, 6.07) is 0. The van der Waals surface area contributed by atoms with Gasteiger partial charge in [-0.05, 0) is 0 Å². The molecule has 1 N–H and O–H groups in total. The van der Waals surface area contributed by atoms with E-state index >= 15 is 0 Å². The van der Waals surface area contributed by atoms with Gasteiger partial charge in [-0.1, -0.05) is 0 Å². The first-order valence-corrected chi connectivity index (χ1v) is 12.0. The van der Waals surface area contributed by atoms with E-state index in [9.17, 15) is 0 Å². The molecule has 0 fully saturated rings. The number of hydrogen-bond acceptors (Lipinski definition) is 2. The summed E-state index contributed by atoms with van der Waals surface area (Å²) in [5.41, 5.74) is 0. The van der Waals surface area contributed by atoms with Crippen molar-refractivity contribution in [2.24, 2.45) is 0 Å². The number of aliphatic hydroxyl groups excluding tert-OH is 1. The first-order chi connectivity index (χ1) is 9.29. The van der Waals surface area contributed by atoms with Crippen molar-refractivity contribution in [3.8, 4) is 0 Å². The predicted molar refractivity (Wildman–Crippen MR) is 88.1 cm³/mol. The Morgan fingerprint density at radius 1 is 1.00 bits per heavy atom. The molecular formula is C16H35GeO2. The van der Waals surface area contributed by atoms with Crippen molar-refractivity contribution in [3.05, 3.63) is 12.3 Å². The maximum atomic E-state index is 7.00. The molecule has 0 aromatic rings. The summed E-state index contributed by atoms with van der Waals surface area (Å²) < 4.78 is 6.01. The van der Waals surface area contributed by atoms with Crippen LogP contribution in [0.2, 0.25) is 15.3 Å². The van der Waals surface area contributed by atoms with Crippen molar-refractivity contribution in [1.82, 2.24) is 0 Å². The molecule has 2 nitrogen and oxygen atoms in total. The third-order valence-corrected chi connectivity index (χ3v) is 10.7. The van der Waals surface area contributed by atoms with Gasteiger partial charge in [-0.25, -0.2) is 0 Å². The molecule has 0 aliphatic rings. The van der Waals surface area contributed by atoms with E-state index in [2.05, 4.69) is 26.8 Å². The van der Waals surface area contributed by atoms with E-state index < -0.39 is 14.3 Å². The van der Waals surface area contributed by atoms with E-state index in [0.29, 0.717) is 0 Å². The van der Waals surface area contributed by atoms with Gasteiger partial charge in [0.2, 0.25) is 0 Å². The molecule has 1 atom stereocenters.